The molecule has 0 radical (unpaired) electrons. The van der Waals surface area contributed by atoms with E-state index in [1.165, 1.54) is 0 Å². The van der Waals surface area contributed by atoms with Gasteiger partial charge in [-0.2, -0.15) is 0 Å². The van der Waals surface area contributed by atoms with Crippen LogP contribution in [0.4, 0.5) is 0 Å². The topological polar surface area (TPSA) is 46.5 Å². The second-order valence-electron chi connectivity index (χ2n) is 4.45. The molecule has 0 fully saturated rings. The van der Waals surface area contributed by atoms with Crippen LogP contribution in [0.1, 0.15) is 47.5 Å². The molecule has 0 saturated heterocycles. The van der Waals surface area contributed by atoms with Gasteiger partial charge in [0, 0.05) is 0 Å². The molecule has 0 rings (SSSR count). The predicted molar refractivity (Wildman–Crippen MR) is 56.3 cm³/mol. The Morgan fingerprint density at radius 2 is 1.93 bits per heavy atom. The molecule has 0 aromatic carbocycles. The van der Waals surface area contributed by atoms with Crippen molar-refractivity contribution in [3.8, 4) is 0 Å². The first kappa shape index (κ1) is 13.4. The van der Waals surface area contributed by atoms with Gasteiger partial charge >= 0.3 is 5.97 Å². The first-order valence-corrected chi connectivity index (χ1v) is 5.23. The molecule has 0 aliphatic carbocycles. The SMILES string of the molecule is CCC(C)(OC(C)CC(C)C)C(=O)O. The molecule has 0 aliphatic rings. The number of ether oxygens (including phenoxy) is 1. The Morgan fingerprint density at radius 3 is 2.21 bits per heavy atom. The van der Waals surface area contributed by atoms with Gasteiger partial charge in [-0.1, -0.05) is 20.8 Å². The molecule has 3 nitrogen and oxygen atoms in total. The molecule has 14 heavy (non-hydrogen) atoms. The smallest absolute Gasteiger partial charge is 0.335 e. The minimum Gasteiger partial charge on any atom is -0.479 e. The summed E-state index contributed by atoms with van der Waals surface area (Å²) in [6.45, 7) is 9.59. The maximum atomic E-state index is 10.9. The monoisotopic (exact) mass is 202 g/mol. The molecule has 0 aromatic rings. The van der Waals surface area contributed by atoms with Gasteiger partial charge < -0.3 is 9.84 Å². The van der Waals surface area contributed by atoms with Crippen LogP contribution in [0.25, 0.3) is 0 Å². The molecule has 0 saturated carbocycles. The lowest BCUT2D eigenvalue weighted by Crippen LogP contribution is -2.40. The molecule has 2 atom stereocenters. The van der Waals surface area contributed by atoms with E-state index in [0.29, 0.717) is 12.3 Å². The third-order valence-electron chi connectivity index (χ3n) is 2.39. The first-order valence-electron chi connectivity index (χ1n) is 5.23. The summed E-state index contributed by atoms with van der Waals surface area (Å²) in [5.41, 5.74) is -1.03. The van der Waals surface area contributed by atoms with Crippen LogP contribution < -0.4 is 0 Å². The largest absolute Gasteiger partial charge is 0.479 e. The van der Waals surface area contributed by atoms with Gasteiger partial charge in [-0.25, -0.2) is 4.79 Å². The minimum atomic E-state index is -1.03. The quantitative estimate of drug-likeness (QED) is 0.720. The van der Waals surface area contributed by atoms with E-state index in [2.05, 4.69) is 13.8 Å². The summed E-state index contributed by atoms with van der Waals surface area (Å²) in [5, 5.41) is 8.99. The molecule has 0 amide bonds. The van der Waals surface area contributed by atoms with Crippen molar-refractivity contribution in [2.24, 2.45) is 5.92 Å². The van der Waals surface area contributed by atoms with Crippen LogP contribution in [0.3, 0.4) is 0 Å². The van der Waals surface area contributed by atoms with E-state index in [4.69, 9.17) is 9.84 Å². The second-order valence-corrected chi connectivity index (χ2v) is 4.45. The molecule has 3 heteroatoms. The van der Waals surface area contributed by atoms with Gasteiger partial charge in [0.15, 0.2) is 5.60 Å². The summed E-state index contributed by atoms with van der Waals surface area (Å²) in [7, 11) is 0. The zero-order valence-electron chi connectivity index (χ0n) is 9.83. The van der Waals surface area contributed by atoms with Gasteiger partial charge in [-0.15, -0.1) is 0 Å². The highest BCUT2D eigenvalue weighted by Crippen LogP contribution is 2.20. The highest BCUT2D eigenvalue weighted by molar-refractivity contribution is 5.76. The van der Waals surface area contributed by atoms with Crippen LogP contribution in [-0.4, -0.2) is 22.8 Å². The molecule has 0 spiro atoms. The molecule has 0 heterocycles. The number of carbonyl (C=O) groups is 1. The van der Waals surface area contributed by atoms with Crippen molar-refractivity contribution in [2.75, 3.05) is 0 Å². The fourth-order valence-electron chi connectivity index (χ4n) is 1.44. The number of aliphatic carboxylic acids is 1. The Labute approximate surface area is 86.5 Å². The molecular formula is C11H22O3. The third-order valence-corrected chi connectivity index (χ3v) is 2.39. The van der Waals surface area contributed by atoms with Crippen molar-refractivity contribution in [2.45, 2.75) is 59.2 Å². The fraction of sp³-hybridized carbons (Fsp3) is 0.909. The van der Waals surface area contributed by atoms with Crippen molar-refractivity contribution in [3.63, 3.8) is 0 Å². The van der Waals surface area contributed by atoms with E-state index in [-0.39, 0.29) is 6.10 Å². The zero-order valence-corrected chi connectivity index (χ0v) is 9.83. The summed E-state index contributed by atoms with van der Waals surface area (Å²) in [5.74, 6) is -0.351. The van der Waals surface area contributed by atoms with Crippen molar-refractivity contribution in [1.29, 1.82) is 0 Å². The Kier molecular flexibility index (Phi) is 5.13. The first-order chi connectivity index (χ1) is 6.31. The minimum absolute atomic E-state index is 0.00366. The van der Waals surface area contributed by atoms with Crippen LogP contribution in [0.15, 0.2) is 0 Å². The second kappa shape index (κ2) is 5.35. The van der Waals surface area contributed by atoms with Crippen molar-refractivity contribution < 1.29 is 14.6 Å². The van der Waals surface area contributed by atoms with Gasteiger partial charge in [0.2, 0.25) is 0 Å². The third kappa shape index (κ3) is 4.09. The number of rotatable bonds is 6. The van der Waals surface area contributed by atoms with E-state index in [9.17, 15) is 4.79 Å². The van der Waals surface area contributed by atoms with Crippen LogP contribution in [0.2, 0.25) is 0 Å². The van der Waals surface area contributed by atoms with E-state index in [0.717, 1.165) is 6.42 Å². The maximum absolute atomic E-state index is 10.9. The van der Waals surface area contributed by atoms with Crippen LogP contribution in [0, 0.1) is 5.92 Å². The molecule has 2 unspecified atom stereocenters. The van der Waals surface area contributed by atoms with E-state index in [1.54, 1.807) is 6.92 Å². The summed E-state index contributed by atoms with van der Waals surface area (Å²) in [6, 6.07) is 0. The molecular weight excluding hydrogens is 180 g/mol. The summed E-state index contributed by atoms with van der Waals surface area (Å²) in [6.07, 6.45) is 1.38. The van der Waals surface area contributed by atoms with E-state index >= 15 is 0 Å². The van der Waals surface area contributed by atoms with Gasteiger partial charge in [0.25, 0.3) is 0 Å². The highest BCUT2D eigenvalue weighted by Gasteiger charge is 2.33. The maximum Gasteiger partial charge on any atom is 0.335 e. The van der Waals surface area contributed by atoms with Crippen molar-refractivity contribution >= 4 is 5.97 Å². The lowest BCUT2D eigenvalue weighted by atomic mass is 10.0. The Morgan fingerprint density at radius 1 is 1.43 bits per heavy atom. The van der Waals surface area contributed by atoms with E-state index in [1.807, 2.05) is 13.8 Å². The zero-order chi connectivity index (χ0) is 11.4. The van der Waals surface area contributed by atoms with Gasteiger partial charge in [0.05, 0.1) is 6.10 Å². The highest BCUT2D eigenvalue weighted by atomic mass is 16.5. The lowest BCUT2D eigenvalue weighted by Gasteiger charge is -2.28. The normalized spacial score (nSPS) is 17.9. The molecule has 0 bridgehead atoms. The number of carboxylic acids is 1. The standard InChI is InChI=1S/C11H22O3/c1-6-11(5,10(12)13)14-9(4)7-8(2)3/h8-9H,6-7H2,1-5H3,(H,12,13). The predicted octanol–water partition coefficient (Wildman–Crippen LogP) is 2.69. The average Bonchev–Trinajstić information content (AvgIpc) is 2.01. The van der Waals surface area contributed by atoms with Crippen molar-refractivity contribution in [1.82, 2.24) is 0 Å². The van der Waals surface area contributed by atoms with Crippen LogP contribution in [0.5, 0.6) is 0 Å². The Hall–Kier alpha value is -0.570. The Balaban J connectivity index is 4.24. The van der Waals surface area contributed by atoms with Gasteiger partial charge in [0.1, 0.15) is 0 Å². The van der Waals surface area contributed by atoms with E-state index < -0.39 is 11.6 Å². The summed E-state index contributed by atoms with van der Waals surface area (Å²) in [4.78, 5) is 10.9. The van der Waals surface area contributed by atoms with Crippen molar-refractivity contribution in [3.05, 3.63) is 0 Å². The van der Waals surface area contributed by atoms with Crippen LogP contribution >= 0.6 is 0 Å². The summed E-state index contributed by atoms with van der Waals surface area (Å²) >= 11 is 0. The molecule has 0 aromatic heterocycles. The fourth-order valence-corrected chi connectivity index (χ4v) is 1.44. The Bertz CT molecular complexity index is 189. The average molecular weight is 202 g/mol. The molecule has 1 N–H and O–H groups in total. The number of carboxylic acid groups (broad SMARTS) is 1. The molecule has 84 valence electrons. The van der Waals surface area contributed by atoms with Gasteiger partial charge in [-0.3, -0.25) is 0 Å². The summed E-state index contributed by atoms with van der Waals surface area (Å²) < 4.78 is 5.56. The number of hydrogen-bond acceptors (Lipinski definition) is 2. The van der Waals surface area contributed by atoms with Crippen LogP contribution in [-0.2, 0) is 9.53 Å². The molecule has 0 aliphatic heterocycles. The lowest BCUT2D eigenvalue weighted by molar-refractivity contribution is -0.171. The number of hydrogen-bond donors (Lipinski definition) is 1. The van der Waals surface area contributed by atoms with Gasteiger partial charge in [-0.05, 0) is 32.6 Å².